The molecule has 0 atom stereocenters. The molecule has 2 N–H and O–H groups in total. The number of allylic oxidation sites excluding steroid dienone is 5. The largest absolute Gasteiger partial charge is 0.508 e. The molecule has 0 unspecified atom stereocenters. The summed E-state index contributed by atoms with van der Waals surface area (Å²) in [5.41, 5.74) is 3.03. The fourth-order valence-electron chi connectivity index (χ4n) is 1.39. The highest BCUT2D eigenvalue weighted by Gasteiger charge is 2.09. The van der Waals surface area contributed by atoms with Gasteiger partial charge in [-0.05, 0) is 48.8 Å². The molecule has 2 nitrogen and oxygen atoms in total. The minimum atomic E-state index is 0.332. The van der Waals surface area contributed by atoms with Crippen molar-refractivity contribution in [3.05, 3.63) is 33.6 Å². The highest BCUT2D eigenvalue weighted by molar-refractivity contribution is 7.84. The summed E-state index contributed by atoms with van der Waals surface area (Å²) in [6.07, 6.45) is 3.61. The number of thiol groups is 1. The van der Waals surface area contributed by atoms with Crippen LogP contribution < -0.4 is 5.32 Å². The van der Waals surface area contributed by atoms with Crippen molar-refractivity contribution in [1.82, 2.24) is 5.32 Å². The van der Waals surface area contributed by atoms with Crippen molar-refractivity contribution in [3.63, 3.8) is 0 Å². The van der Waals surface area contributed by atoms with Crippen molar-refractivity contribution in [2.75, 3.05) is 7.05 Å². The summed E-state index contributed by atoms with van der Waals surface area (Å²) in [5.74, 6) is 0.332. The van der Waals surface area contributed by atoms with Crippen LogP contribution in [0.3, 0.4) is 0 Å². The fraction of sp³-hybridized carbons (Fsp3) is 0.455. The molecule has 0 fully saturated rings. The van der Waals surface area contributed by atoms with Crippen LogP contribution in [0.4, 0.5) is 0 Å². The Morgan fingerprint density at radius 2 is 1.93 bits per heavy atom. The van der Waals surface area contributed by atoms with Crippen LogP contribution in [0.2, 0.25) is 0 Å². The van der Waals surface area contributed by atoms with Crippen LogP contribution in [0.5, 0.6) is 0 Å². The monoisotopic (exact) mass is 211 g/mol. The Kier molecular flexibility index (Phi) is 3.69. The van der Waals surface area contributed by atoms with E-state index in [0.717, 1.165) is 34.6 Å². The number of hydrogen-bond acceptors (Lipinski definition) is 3. The van der Waals surface area contributed by atoms with E-state index >= 15 is 0 Å². The van der Waals surface area contributed by atoms with Crippen LogP contribution >= 0.6 is 12.6 Å². The highest BCUT2D eigenvalue weighted by Crippen LogP contribution is 2.27. The molecule has 0 radical (unpaired) electrons. The molecular weight excluding hydrogens is 194 g/mol. The second kappa shape index (κ2) is 4.60. The molecule has 0 saturated heterocycles. The normalized spacial score (nSPS) is 19.0. The number of nitrogens with one attached hydrogen (secondary N) is 1. The van der Waals surface area contributed by atoms with E-state index in [9.17, 15) is 5.11 Å². The zero-order valence-electron chi connectivity index (χ0n) is 8.89. The van der Waals surface area contributed by atoms with Gasteiger partial charge in [0.1, 0.15) is 5.76 Å². The topological polar surface area (TPSA) is 32.3 Å². The van der Waals surface area contributed by atoms with Gasteiger partial charge in [0, 0.05) is 12.7 Å². The lowest BCUT2D eigenvalue weighted by molar-refractivity contribution is 0.424. The molecule has 0 aliphatic heterocycles. The lowest BCUT2D eigenvalue weighted by Crippen LogP contribution is -2.08. The van der Waals surface area contributed by atoms with Gasteiger partial charge < -0.3 is 10.4 Å². The molecule has 0 heterocycles. The first kappa shape index (κ1) is 11.2. The van der Waals surface area contributed by atoms with Crippen molar-refractivity contribution < 1.29 is 5.11 Å². The Morgan fingerprint density at radius 1 is 1.29 bits per heavy atom. The van der Waals surface area contributed by atoms with Crippen molar-refractivity contribution in [2.45, 2.75) is 26.7 Å². The zero-order valence-corrected chi connectivity index (χ0v) is 9.78. The van der Waals surface area contributed by atoms with Crippen LogP contribution in [0.15, 0.2) is 33.6 Å². The number of aliphatic hydroxyl groups excluding tert-OH is 1. The van der Waals surface area contributed by atoms with Gasteiger partial charge in [-0.15, -0.1) is 12.6 Å². The average Bonchev–Trinajstić information content (AvgIpc) is 2.19. The number of rotatable bonds is 1. The first-order chi connectivity index (χ1) is 6.56. The third-order valence-corrected chi connectivity index (χ3v) is 3.20. The first-order valence-corrected chi connectivity index (χ1v) is 5.18. The van der Waals surface area contributed by atoms with Gasteiger partial charge in [-0.3, -0.25) is 0 Å². The summed E-state index contributed by atoms with van der Waals surface area (Å²) in [4.78, 5) is 1.05. The Labute approximate surface area is 90.8 Å². The van der Waals surface area contributed by atoms with Gasteiger partial charge in [0.05, 0.1) is 0 Å². The molecule has 0 aromatic heterocycles. The third kappa shape index (κ3) is 2.35. The van der Waals surface area contributed by atoms with E-state index in [4.69, 9.17) is 0 Å². The lowest BCUT2D eigenvalue weighted by atomic mass is 10.0. The van der Waals surface area contributed by atoms with Crippen LogP contribution in [0.25, 0.3) is 0 Å². The lowest BCUT2D eigenvalue weighted by Gasteiger charge is -2.14. The molecule has 78 valence electrons. The van der Waals surface area contributed by atoms with Crippen molar-refractivity contribution in [3.8, 4) is 0 Å². The Morgan fingerprint density at radius 3 is 2.50 bits per heavy atom. The van der Waals surface area contributed by atoms with Crippen LogP contribution in [0, 0.1) is 0 Å². The Bertz CT molecular complexity index is 326. The van der Waals surface area contributed by atoms with E-state index in [1.54, 1.807) is 6.08 Å². The van der Waals surface area contributed by atoms with Crippen LogP contribution in [-0.4, -0.2) is 12.2 Å². The molecule has 1 rings (SSSR count). The molecule has 0 saturated carbocycles. The van der Waals surface area contributed by atoms with E-state index in [1.165, 1.54) is 0 Å². The van der Waals surface area contributed by atoms with Crippen LogP contribution in [0.1, 0.15) is 26.7 Å². The standard InChI is InChI=1S/C11H17NOS/c1-7-8(2)11(14)5-4-9(12-3)6-10(7)13/h6,12-14H,4-5H2,1-3H3. The van der Waals surface area contributed by atoms with E-state index in [1.807, 2.05) is 20.9 Å². The van der Waals surface area contributed by atoms with E-state index in [-0.39, 0.29) is 0 Å². The smallest absolute Gasteiger partial charge is 0.120 e. The summed E-state index contributed by atoms with van der Waals surface area (Å²) in [6, 6.07) is 0. The number of hydrogen-bond donors (Lipinski definition) is 3. The molecule has 14 heavy (non-hydrogen) atoms. The predicted octanol–water partition coefficient (Wildman–Crippen LogP) is 2.92. The second-order valence-corrected chi connectivity index (χ2v) is 4.04. The molecule has 1 aliphatic carbocycles. The van der Waals surface area contributed by atoms with Gasteiger partial charge in [-0.2, -0.15) is 0 Å². The average molecular weight is 211 g/mol. The first-order valence-electron chi connectivity index (χ1n) is 4.73. The minimum absolute atomic E-state index is 0.332. The maximum atomic E-state index is 9.77. The van der Waals surface area contributed by atoms with Gasteiger partial charge in [0.15, 0.2) is 0 Å². The highest BCUT2D eigenvalue weighted by atomic mass is 32.1. The fourth-order valence-corrected chi connectivity index (χ4v) is 1.67. The minimum Gasteiger partial charge on any atom is -0.508 e. The van der Waals surface area contributed by atoms with Crippen LogP contribution in [-0.2, 0) is 0 Å². The summed E-state index contributed by atoms with van der Waals surface area (Å²) in [5, 5.41) is 12.8. The van der Waals surface area contributed by atoms with Gasteiger partial charge in [0.25, 0.3) is 0 Å². The number of aliphatic hydroxyl groups is 1. The Hall–Kier alpha value is -0.830. The Balaban J connectivity index is 3.14. The zero-order chi connectivity index (χ0) is 10.7. The second-order valence-electron chi connectivity index (χ2n) is 3.50. The van der Waals surface area contributed by atoms with E-state index < -0.39 is 0 Å². The van der Waals surface area contributed by atoms with E-state index in [2.05, 4.69) is 17.9 Å². The van der Waals surface area contributed by atoms with Crippen molar-refractivity contribution >= 4 is 12.6 Å². The molecule has 0 spiro atoms. The molecule has 0 aromatic rings. The maximum Gasteiger partial charge on any atom is 0.120 e. The summed E-state index contributed by atoms with van der Waals surface area (Å²) in [6.45, 7) is 3.90. The van der Waals surface area contributed by atoms with Crippen molar-refractivity contribution in [1.29, 1.82) is 0 Å². The molecule has 0 bridgehead atoms. The summed E-state index contributed by atoms with van der Waals surface area (Å²) >= 11 is 4.43. The van der Waals surface area contributed by atoms with Gasteiger partial charge in [-0.1, -0.05) is 0 Å². The van der Waals surface area contributed by atoms with Gasteiger partial charge in [-0.25, -0.2) is 0 Å². The summed E-state index contributed by atoms with van der Waals surface area (Å²) in [7, 11) is 1.87. The maximum absolute atomic E-state index is 9.77. The predicted molar refractivity (Wildman–Crippen MR) is 63.4 cm³/mol. The molecule has 0 amide bonds. The molecular formula is C11H17NOS. The van der Waals surface area contributed by atoms with Gasteiger partial charge >= 0.3 is 0 Å². The van der Waals surface area contributed by atoms with E-state index in [0.29, 0.717) is 5.76 Å². The molecule has 1 aliphatic rings. The molecule has 0 aromatic carbocycles. The van der Waals surface area contributed by atoms with Crippen molar-refractivity contribution in [2.24, 2.45) is 0 Å². The third-order valence-electron chi connectivity index (χ3n) is 2.64. The summed E-state index contributed by atoms with van der Waals surface area (Å²) < 4.78 is 0. The quantitative estimate of drug-likeness (QED) is 0.583. The SMILES string of the molecule is CNC1=CC(O)=C(C)C(C)=C(S)CC1. The molecule has 3 heteroatoms. The van der Waals surface area contributed by atoms with Gasteiger partial charge in [0.2, 0.25) is 0 Å².